The Morgan fingerprint density at radius 3 is 2.65 bits per heavy atom. The first-order valence-corrected chi connectivity index (χ1v) is 12.5. The first kappa shape index (κ1) is 21.1. The van der Waals surface area contributed by atoms with Crippen molar-refractivity contribution in [2.24, 2.45) is 0 Å². The van der Waals surface area contributed by atoms with Gasteiger partial charge in [0.25, 0.3) is 5.56 Å². The Bertz CT molecular complexity index is 842. The summed E-state index contributed by atoms with van der Waals surface area (Å²) in [6.45, 7) is 3.23. The van der Waals surface area contributed by atoms with Gasteiger partial charge in [0.1, 0.15) is 5.82 Å². The van der Waals surface area contributed by atoms with E-state index in [0.717, 1.165) is 82.4 Å². The van der Waals surface area contributed by atoms with Gasteiger partial charge in [0.05, 0.1) is 24.3 Å². The van der Waals surface area contributed by atoms with E-state index in [4.69, 9.17) is 9.72 Å². The van der Waals surface area contributed by atoms with Crippen LogP contribution in [0.5, 0.6) is 0 Å². The molecule has 7 nitrogen and oxygen atoms in total. The zero-order chi connectivity index (χ0) is 21.2. The number of piperidine rings is 1. The first-order chi connectivity index (χ1) is 15.2. The van der Waals surface area contributed by atoms with Crippen molar-refractivity contribution in [3.63, 3.8) is 0 Å². The lowest BCUT2D eigenvalue weighted by atomic mass is 9.98. The fraction of sp³-hybridized carbons (Fsp3) is 0.792. The molecule has 2 unspecified atom stereocenters. The third kappa shape index (κ3) is 4.58. The van der Waals surface area contributed by atoms with E-state index in [1.807, 2.05) is 4.90 Å². The third-order valence-corrected chi connectivity index (χ3v) is 7.78. The van der Waals surface area contributed by atoms with Crippen molar-refractivity contribution in [3.8, 4) is 0 Å². The molecule has 3 fully saturated rings. The molecule has 0 aromatic carbocycles. The lowest BCUT2D eigenvalue weighted by molar-refractivity contribution is -0.139. The molecule has 2 atom stereocenters. The van der Waals surface area contributed by atoms with E-state index in [9.17, 15) is 9.59 Å². The van der Waals surface area contributed by atoms with Crippen LogP contribution in [0.25, 0.3) is 0 Å². The van der Waals surface area contributed by atoms with Gasteiger partial charge in [-0.1, -0.05) is 12.8 Å². The van der Waals surface area contributed by atoms with Crippen LogP contribution < -0.4 is 5.56 Å². The second-order valence-electron chi connectivity index (χ2n) is 9.83. The Balaban J connectivity index is 1.35. The third-order valence-electron chi connectivity index (χ3n) is 7.78. The van der Waals surface area contributed by atoms with E-state index < -0.39 is 0 Å². The highest BCUT2D eigenvalue weighted by molar-refractivity contribution is 5.77. The maximum Gasteiger partial charge on any atom is 0.254 e. The van der Waals surface area contributed by atoms with Crippen LogP contribution >= 0.6 is 0 Å². The van der Waals surface area contributed by atoms with Crippen LogP contribution in [0.15, 0.2) is 4.79 Å². The Kier molecular flexibility index (Phi) is 6.41. The molecule has 7 heteroatoms. The number of ether oxygens (including phenoxy) is 1. The van der Waals surface area contributed by atoms with E-state index in [2.05, 4.69) is 9.88 Å². The summed E-state index contributed by atoms with van der Waals surface area (Å²) in [5.41, 5.74) is 1.78. The zero-order valence-corrected chi connectivity index (χ0v) is 18.6. The highest BCUT2D eigenvalue weighted by atomic mass is 16.5. The van der Waals surface area contributed by atoms with E-state index >= 15 is 0 Å². The van der Waals surface area contributed by atoms with Gasteiger partial charge in [0.2, 0.25) is 5.91 Å². The Morgan fingerprint density at radius 1 is 1.03 bits per heavy atom. The molecule has 1 amide bonds. The number of hydrogen-bond donors (Lipinski definition) is 1. The smallest absolute Gasteiger partial charge is 0.254 e. The molecule has 5 rings (SSSR count). The monoisotopic (exact) mass is 428 g/mol. The summed E-state index contributed by atoms with van der Waals surface area (Å²) in [6, 6.07) is 0.519. The molecule has 31 heavy (non-hydrogen) atoms. The van der Waals surface area contributed by atoms with Crippen molar-refractivity contribution >= 4 is 5.91 Å². The van der Waals surface area contributed by atoms with Crippen molar-refractivity contribution in [2.75, 3.05) is 19.7 Å². The van der Waals surface area contributed by atoms with Crippen molar-refractivity contribution in [1.29, 1.82) is 0 Å². The van der Waals surface area contributed by atoms with Gasteiger partial charge in [-0.3, -0.25) is 14.5 Å². The maximum atomic E-state index is 13.2. The van der Waals surface area contributed by atoms with Crippen molar-refractivity contribution in [2.45, 2.75) is 102 Å². The van der Waals surface area contributed by atoms with Crippen LogP contribution in [0.4, 0.5) is 0 Å². The number of nitrogens with zero attached hydrogens (tertiary/aromatic N) is 3. The molecule has 170 valence electrons. The normalized spacial score (nSPS) is 27.9. The van der Waals surface area contributed by atoms with Crippen LogP contribution in [0.1, 0.15) is 93.8 Å². The minimum absolute atomic E-state index is 0.000316. The number of carbonyl (C=O) groups excluding carboxylic acids is 1. The molecule has 0 radical (unpaired) electrons. The molecule has 1 saturated carbocycles. The number of aromatic nitrogens is 2. The molecule has 3 aliphatic heterocycles. The minimum atomic E-state index is -0.121. The summed E-state index contributed by atoms with van der Waals surface area (Å²) < 4.78 is 5.81. The Hall–Kier alpha value is -1.73. The first-order valence-electron chi connectivity index (χ1n) is 12.5. The summed E-state index contributed by atoms with van der Waals surface area (Å²) in [6.07, 6.45) is 12.5. The molecule has 1 aliphatic carbocycles. The number of amides is 1. The maximum absolute atomic E-state index is 13.2. The van der Waals surface area contributed by atoms with Crippen LogP contribution in [-0.4, -0.2) is 57.5 Å². The number of likely N-dealkylation sites (tertiary alicyclic amines) is 1. The molecule has 1 aromatic heterocycles. The molecule has 2 saturated heterocycles. The minimum Gasteiger partial charge on any atom is -0.378 e. The van der Waals surface area contributed by atoms with Crippen LogP contribution in [-0.2, 0) is 22.5 Å². The van der Waals surface area contributed by atoms with E-state index in [1.54, 1.807) is 0 Å². The molecule has 4 heterocycles. The van der Waals surface area contributed by atoms with Gasteiger partial charge >= 0.3 is 0 Å². The number of H-pyrrole nitrogens is 1. The van der Waals surface area contributed by atoms with Crippen LogP contribution in [0, 0.1) is 0 Å². The lowest BCUT2D eigenvalue weighted by Crippen LogP contribution is -2.43. The molecule has 1 aromatic rings. The quantitative estimate of drug-likeness (QED) is 0.797. The van der Waals surface area contributed by atoms with E-state index in [0.29, 0.717) is 18.3 Å². The molecular formula is C24H36N4O3. The average Bonchev–Trinajstić information content (AvgIpc) is 3.34. The number of rotatable bonds is 4. The van der Waals surface area contributed by atoms with E-state index in [1.165, 1.54) is 25.7 Å². The Labute approximate surface area is 184 Å². The lowest BCUT2D eigenvalue weighted by Gasteiger charge is -2.37. The molecular weight excluding hydrogens is 392 g/mol. The highest BCUT2D eigenvalue weighted by Crippen LogP contribution is 2.32. The summed E-state index contributed by atoms with van der Waals surface area (Å²) in [5.74, 6) is 0.833. The second-order valence-corrected chi connectivity index (χ2v) is 9.83. The zero-order valence-electron chi connectivity index (χ0n) is 18.6. The molecule has 4 aliphatic rings. The number of hydrogen-bond acceptors (Lipinski definition) is 5. The predicted octanol–water partition coefficient (Wildman–Crippen LogP) is 3.08. The van der Waals surface area contributed by atoms with Gasteiger partial charge < -0.3 is 14.6 Å². The van der Waals surface area contributed by atoms with Crippen LogP contribution in [0.3, 0.4) is 0 Å². The summed E-state index contributed by atoms with van der Waals surface area (Å²) in [7, 11) is 0. The highest BCUT2D eigenvalue weighted by Gasteiger charge is 2.33. The Morgan fingerprint density at radius 2 is 1.84 bits per heavy atom. The van der Waals surface area contributed by atoms with Crippen molar-refractivity contribution in [1.82, 2.24) is 19.8 Å². The standard InChI is InChI=1S/C24H36N4O3/c29-22(15-18-9-4-6-14-31-18)28-12-5-3-10-21(28)23-25-20-16-27(17-7-1-2-8-17)13-11-19(20)24(30)26-23/h17-18,21H,1-16H2,(H,25,26,30). The largest absolute Gasteiger partial charge is 0.378 e. The topological polar surface area (TPSA) is 78.5 Å². The van der Waals surface area contributed by atoms with Gasteiger partial charge in [0, 0.05) is 37.8 Å². The summed E-state index contributed by atoms with van der Waals surface area (Å²) >= 11 is 0. The van der Waals surface area contributed by atoms with Gasteiger partial charge in [0.15, 0.2) is 0 Å². The molecule has 0 bridgehead atoms. The summed E-state index contributed by atoms with van der Waals surface area (Å²) in [4.78, 5) is 38.6. The molecule has 1 N–H and O–H groups in total. The fourth-order valence-electron chi connectivity index (χ4n) is 6.01. The van der Waals surface area contributed by atoms with Gasteiger partial charge in [-0.05, 0) is 57.8 Å². The summed E-state index contributed by atoms with van der Waals surface area (Å²) in [5, 5.41) is 0. The van der Waals surface area contributed by atoms with Crippen molar-refractivity contribution in [3.05, 3.63) is 27.4 Å². The van der Waals surface area contributed by atoms with Gasteiger partial charge in [-0.2, -0.15) is 0 Å². The van der Waals surface area contributed by atoms with Crippen LogP contribution in [0.2, 0.25) is 0 Å². The SMILES string of the molecule is O=C(CC1CCCCO1)N1CCCCC1c1nc2c(c(=O)[nH]1)CCN(C1CCCC1)C2. The predicted molar refractivity (Wildman–Crippen MR) is 118 cm³/mol. The number of nitrogens with one attached hydrogen (secondary N) is 1. The number of aromatic amines is 1. The molecule has 0 spiro atoms. The van der Waals surface area contributed by atoms with Gasteiger partial charge in [-0.15, -0.1) is 0 Å². The second kappa shape index (κ2) is 9.41. The fourth-order valence-corrected chi connectivity index (χ4v) is 6.01. The van der Waals surface area contributed by atoms with E-state index in [-0.39, 0.29) is 23.6 Å². The van der Waals surface area contributed by atoms with Crippen molar-refractivity contribution < 1.29 is 9.53 Å². The number of fused-ring (bicyclic) bond motifs is 1. The average molecular weight is 429 g/mol. The van der Waals surface area contributed by atoms with Gasteiger partial charge in [-0.25, -0.2) is 4.98 Å². The number of carbonyl (C=O) groups is 1.